The van der Waals surface area contributed by atoms with Gasteiger partial charge in [0.25, 0.3) is 0 Å². The molecular formula is C15H16FNO. The first-order valence-electron chi connectivity index (χ1n) is 6.06. The van der Waals surface area contributed by atoms with Gasteiger partial charge in [-0.25, -0.2) is 4.39 Å². The van der Waals surface area contributed by atoms with Gasteiger partial charge in [-0.15, -0.1) is 0 Å². The first-order valence-corrected chi connectivity index (χ1v) is 6.06. The number of hydrogen-bond acceptors (Lipinski definition) is 1. The molecule has 0 atom stereocenters. The van der Waals surface area contributed by atoms with Crippen molar-refractivity contribution in [2.45, 2.75) is 26.2 Å². The molecule has 0 saturated carbocycles. The largest absolute Gasteiger partial charge is 0.366 e. The molecule has 1 aliphatic rings. The van der Waals surface area contributed by atoms with Crippen molar-refractivity contribution in [2.24, 2.45) is 5.73 Å². The highest BCUT2D eigenvalue weighted by Crippen LogP contribution is 2.29. The number of nitrogens with two attached hydrogens (primary N) is 1. The van der Waals surface area contributed by atoms with Crippen molar-refractivity contribution in [3.8, 4) is 0 Å². The van der Waals surface area contributed by atoms with E-state index in [1.54, 1.807) is 6.07 Å². The normalized spacial score (nSPS) is 14.9. The molecule has 1 aromatic rings. The molecule has 2 N–H and O–H groups in total. The molecule has 0 radical (unpaired) electrons. The zero-order valence-corrected chi connectivity index (χ0v) is 10.4. The third-order valence-corrected chi connectivity index (χ3v) is 3.18. The summed E-state index contributed by atoms with van der Waals surface area (Å²) in [4.78, 5) is 11.3. The Balaban J connectivity index is 2.15. The summed E-state index contributed by atoms with van der Waals surface area (Å²) in [6.07, 6.45) is 4.11. The lowest BCUT2D eigenvalue weighted by Crippen LogP contribution is -2.12. The first kappa shape index (κ1) is 12.6. The van der Waals surface area contributed by atoms with Crippen LogP contribution >= 0.6 is 0 Å². The van der Waals surface area contributed by atoms with Gasteiger partial charge in [-0.3, -0.25) is 4.79 Å². The van der Waals surface area contributed by atoms with Crippen LogP contribution in [0.5, 0.6) is 0 Å². The number of carbonyl (C=O) groups excluding carboxylic acids is 1. The number of amides is 1. The average molecular weight is 245 g/mol. The van der Waals surface area contributed by atoms with Gasteiger partial charge >= 0.3 is 0 Å². The van der Waals surface area contributed by atoms with E-state index >= 15 is 0 Å². The molecule has 0 aromatic heterocycles. The molecule has 1 aromatic carbocycles. The fourth-order valence-electron chi connectivity index (χ4n) is 2.31. The highest BCUT2D eigenvalue weighted by atomic mass is 19.1. The van der Waals surface area contributed by atoms with E-state index < -0.39 is 0 Å². The van der Waals surface area contributed by atoms with Crippen LogP contribution in [0.3, 0.4) is 0 Å². The summed E-state index contributed by atoms with van der Waals surface area (Å²) in [5.74, 6) is -0.606. The Morgan fingerprint density at radius 1 is 1.44 bits per heavy atom. The lowest BCUT2D eigenvalue weighted by Gasteiger charge is -2.04. The SMILES string of the molecule is CCC1=C(C(N)=O)C=C(Cc2cccc(F)c2)C1. The molecule has 18 heavy (non-hydrogen) atoms. The molecule has 2 rings (SSSR count). The predicted octanol–water partition coefficient (Wildman–Crippen LogP) is 2.89. The lowest BCUT2D eigenvalue weighted by molar-refractivity contribution is -0.114. The number of carbonyl (C=O) groups is 1. The van der Waals surface area contributed by atoms with E-state index in [1.165, 1.54) is 12.1 Å². The summed E-state index contributed by atoms with van der Waals surface area (Å²) < 4.78 is 13.1. The van der Waals surface area contributed by atoms with Crippen molar-refractivity contribution >= 4 is 5.91 Å². The van der Waals surface area contributed by atoms with Crippen molar-refractivity contribution < 1.29 is 9.18 Å². The molecule has 3 heteroatoms. The summed E-state index contributed by atoms with van der Waals surface area (Å²) in [5, 5.41) is 0. The van der Waals surface area contributed by atoms with Crippen LogP contribution < -0.4 is 5.73 Å². The molecule has 0 bridgehead atoms. The van der Waals surface area contributed by atoms with Crippen molar-refractivity contribution in [1.29, 1.82) is 0 Å². The van der Waals surface area contributed by atoms with Crippen LogP contribution in [0.25, 0.3) is 0 Å². The summed E-state index contributed by atoms with van der Waals surface area (Å²) in [6.45, 7) is 2.01. The number of primary amides is 1. The summed E-state index contributed by atoms with van der Waals surface area (Å²) >= 11 is 0. The van der Waals surface area contributed by atoms with E-state index in [4.69, 9.17) is 5.73 Å². The Labute approximate surface area is 106 Å². The molecule has 94 valence electrons. The quantitative estimate of drug-likeness (QED) is 0.870. The Morgan fingerprint density at radius 2 is 2.22 bits per heavy atom. The van der Waals surface area contributed by atoms with Crippen LogP contribution in [0.2, 0.25) is 0 Å². The molecular weight excluding hydrogens is 229 g/mol. The van der Waals surface area contributed by atoms with Crippen molar-refractivity contribution in [2.75, 3.05) is 0 Å². The maximum atomic E-state index is 13.1. The van der Waals surface area contributed by atoms with Crippen LogP contribution in [0.1, 0.15) is 25.3 Å². The van der Waals surface area contributed by atoms with E-state index in [0.29, 0.717) is 12.0 Å². The van der Waals surface area contributed by atoms with Crippen molar-refractivity contribution in [3.63, 3.8) is 0 Å². The third-order valence-electron chi connectivity index (χ3n) is 3.18. The molecule has 0 aliphatic heterocycles. The van der Waals surface area contributed by atoms with E-state index in [-0.39, 0.29) is 11.7 Å². The predicted molar refractivity (Wildman–Crippen MR) is 69.3 cm³/mol. The summed E-state index contributed by atoms with van der Waals surface area (Å²) in [6, 6.07) is 6.53. The second kappa shape index (κ2) is 5.17. The highest BCUT2D eigenvalue weighted by Gasteiger charge is 2.18. The Morgan fingerprint density at radius 3 is 2.78 bits per heavy atom. The lowest BCUT2D eigenvalue weighted by atomic mass is 10.0. The Hall–Kier alpha value is -1.90. The fraction of sp³-hybridized carbons (Fsp3) is 0.267. The van der Waals surface area contributed by atoms with E-state index in [9.17, 15) is 9.18 Å². The number of benzene rings is 1. The molecule has 1 aliphatic carbocycles. The van der Waals surface area contributed by atoms with E-state index in [2.05, 4.69) is 0 Å². The number of hydrogen-bond donors (Lipinski definition) is 1. The standard InChI is InChI=1S/C15H16FNO/c1-2-12-7-11(9-14(12)15(17)18)6-10-4-3-5-13(16)8-10/h3-5,8-9H,2,6-7H2,1H3,(H2,17,18). The van der Waals surface area contributed by atoms with Crippen molar-refractivity contribution in [3.05, 3.63) is 58.4 Å². The van der Waals surface area contributed by atoms with Gasteiger partial charge in [0.05, 0.1) is 0 Å². The fourth-order valence-corrected chi connectivity index (χ4v) is 2.31. The monoisotopic (exact) mass is 245 g/mol. The molecule has 0 fully saturated rings. The molecule has 1 amide bonds. The van der Waals surface area contributed by atoms with Crippen LogP contribution in [0.15, 0.2) is 47.1 Å². The van der Waals surface area contributed by atoms with Crippen LogP contribution in [0.4, 0.5) is 4.39 Å². The maximum Gasteiger partial charge on any atom is 0.248 e. The van der Waals surface area contributed by atoms with Gasteiger partial charge < -0.3 is 5.73 Å². The zero-order valence-electron chi connectivity index (χ0n) is 10.4. The van der Waals surface area contributed by atoms with Gasteiger partial charge in [0, 0.05) is 5.57 Å². The second-order valence-electron chi connectivity index (χ2n) is 4.52. The van der Waals surface area contributed by atoms with Gasteiger partial charge in [0.1, 0.15) is 5.82 Å². The van der Waals surface area contributed by atoms with E-state index in [0.717, 1.165) is 29.6 Å². The third kappa shape index (κ3) is 2.67. The minimum absolute atomic E-state index is 0.232. The Bertz CT molecular complexity index is 543. The van der Waals surface area contributed by atoms with Crippen LogP contribution in [-0.4, -0.2) is 5.91 Å². The van der Waals surface area contributed by atoms with Crippen LogP contribution in [-0.2, 0) is 11.2 Å². The topological polar surface area (TPSA) is 43.1 Å². The van der Waals surface area contributed by atoms with Gasteiger partial charge in [-0.2, -0.15) is 0 Å². The molecule has 0 unspecified atom stereocenters. The maximum absolute atomic E-state index is 13.1. The van der Waals surface area contributed by atoms with Crippen LogP contribution in [0, 0.1) is 5.82 Å². The Kier molecular flexibility index (Phi) is 3.60. The highest BCUT2D eigenvalue weighted by molar-refractivity contribution is 5.96. The first-order chi connectivity index (χ1) is 8.60. The molecule has 0 heterocycles. The summed E-state index contributed by atoms with van der Waals surface area (Å²) in [7, 11) is 0. The van der Waals surface area contributed by atoms with Gasteiger partial charge in [0.15, 0.2) is 0 Å². The minimum atomic E-state index is -0.374. The average Bonchev–Trinajstić information content (AvgIpc) is 2.72. The molecule has 0 spiro atoms. The summed E-state index contributed by atoms with van der Waals surface area (Å²) in [5.41, 5.74) is 9.08. The minimum Gasteiger partial charge on any atom is -0.366 e. The zero-order chi connectivity index (χ0) is 13.1. The molecule has 0 saturated heterocycles. The molecule has 2 nitrogen and oxygen atoms in total. The number of allylic oxidation sites excluding steroid dienone is 2. The van der Waals surface area contributed by atoms with Gasteiger partial charge in [-0.05, 0) is 43.0 Å². The number of halogens is 1. The second-order valence-corrected chi connectivity index (χ2v) is 4.52. The van der Waals surface area contributed by atoms with Crippen molar-refractivity contribution in [1.82, 2.24) is 0 Å². The van der Waals surface area contributed by atoms with Gasteiger partial charge in [-0.1, -0.05) is 30.2 Å². The van der Waals surface area contributed by atoms with Gasteiger partial charge in [0.2, 0.25) is 5.91 Å². The van der Waals surface area contributed by atoms with E-state index in [1.807, 2.05) is 19.1 Å². The number of rotatable bonds is 4. The smallest absolute Gasteiger partial charge is 0.248 e.